The van der Waals surface area contributed by atoms with Crippen LogP contribution in [-0.2, 0) is 44.9 Å². The minimum atomic E-state index is -0.401. The second kappa shape index (κ2) is 6.61. The van der Waals surface area contributed by atoms with Gasteiger partial charge in [0.1, 0.15) is 6.67 Å². The van der Waals surface area contributed by atoms with E-state index >= 15 is 0 Å². The van der Waals surface area contributed by atoms with E-state index in [9.17, 15) is 19.2 Å². The largest absolute Gasteiger partial charge is 0.274 e. The van der Waals surface area contributed by atoms with Crippen molar-refractivity contribution in [3.8, 4) is 0 Å². The first-order valence-electron chi connectivity index (χ1n) is 10.9. The summed E-state index contributed by atoms with van der Waals surface area (Å²) < 4.78 is 0. The summed E-state index contributed by atoms with van der Waals surface area (Å²) in [5, 5.41) is 0. The van der Waals surface area contributed by atoms with Crippen LogP contribution in [0.2, 0.25) is 0 Å². The molecule has 31 heavy (non-hydrogen) atoms. The van der Waals surface area contributed by atoms with Crippen LogP contribution in [0.5, 0.6) is 0 Å². The normalized spacial score (nSPS) is 29.0. The van der Waals surface area contributed by atoms with Crippen molar-refractivity contribution in [3.63, 3.8) is 0 Å². The summed E-state index contributed by atoms with van der Waals surface area (Å²) in [7, 11) is 0. The van der Waals surface area contributed by atoms with E-state index in [4.69, 9.17) is 0 Å². The molecule has 0 radical (unpaired) electrons. The number of hydrogen-bond acceptors (Lipinski definition) is 4. The van der Waals surface area contributed by atoms with Crippen LogP contribution in [0.1, 0.15) is 22.3 Å². The van der Waals surface area contributed by atoms with E-state index in [2.05, 4.69) is 0 Å². The number of likely N-dealkylation sites (tertiary alicyclic amines) is 2. The molecule has 4 atom stereocenters. The van der Waals surface area contributed by atoms with Gasteiger partial charge in [0, 0.05) is 0 Å². The van der Waals surface area contributed by atoms with Gasteiger partial charge in [0.05, 0.1) is 23.7 Å². The number of carbonyl (C=O) groups is 4. The molecule has 4 unspecified atom stereocenters. The molecule has 2 aromatic rings. The molecule has 6 heteroatoms. The maximum Gasteiger partial charge on any atom is 0.234 e. The number of fused-ring (bicyclic) bond motifs is 4. The van der Waals surface area contributed by atoms with E-state index in [-0.39, 0.29) is 30.3 Å². The number of rotatable bonds is 2. The average molecular weight is 414 g/mol. The monoisotopic (exact) mass is 414 g/mol. The molecule has 4 amide bonds. The van der Waals surface area contributed by atoms with Crippen molar-refractivity contribution < 1.29 is 19.2 Å². The highest BCUT2D eigenvalue weighted by molar-refractivity contribution is 6.09. The zero-order chi connectivity index (χ0) is 21.3. The fourth-order valence-electron chi connectivity index (χ4n) is 5.90. The summed E-state index contributed by atoms with van der Waals surface area (Å²) >= 11 is 0. The molecule has 156 valence electrons. The summed E-state index contributed by atoms with van der Waals surface area (Å²) in [4.78, 5) is 54.7. The third kappa shape index (κ3) is 2.63. The fraction of sp³-hybridized carbons (Fsp3) is 0.360. The summed E-state index contributed by atoms with van der Waals surface area (Å²) in [5.41, 5.74) is 4.40. The van der Waals surface area contributed by atoms with Crippen LogP contribution >= 0.6 is 0 Å². The Hall–Kier alpha value is -3.28. The Morgan fingerprint density at radius 1 is 0.516 bits per heavy atom. The van der Waals surface area contributed by atoms with Gasteiger partial charge in [0.15, 0.2) is 0 Å². The average Bonchev–Trinajstić information content (AvgIpc) is 3.16. The lowest BCUT2D eigenvalue weighted by molar-refractivity contribution is -0.149. The fourth-order valence-corrected chi connectivity index (χ4v) is 5.90. The van der Waals surface area contributed by atoms with Crippen molar-refractivity contribution in [1.82, 2.24) is 9.80 Å². The SMILES string of the molecule is O=C1C2Cc3ccccc3CC2C(=O)N1CN1C(=O)C2Cc3ccccc3CC2C1=O. The van der Waals surface area contributed by atoms with E-state index in [0.717, 1.165) is 32.1 Å². The first-order chi connectivity index (χ1) is 15.0. The lowest BCUT2D eigenvalue weighted by Gasteiger charge is -2.23. The molecule has 2 saturated heterocycles. The summed E-state index contributed by atoms with van der Waals surface area (Å²) in [5.74, 6) is -2.65. The van der Waals surface area contributed by atoms with Crippen molar-refractivity contribution in [2.24, 2.45) is 23.7 Å². The van der Waals surface area contributed by atoms with Gasteiger partial charge in [0.25, 0.3) is 0 Å². The molecule has 0 bridgehead atoms. The predicted molar refractivity (Wildman–Crippen MR) is 110 cm³/mol. The molecule has 2 aliphatic carbocycles. The second-order valence-corrected chi connectivity index (χ2v) is 9.13. The van der Waals surface area contributed by atoms with Gasteiger partial charge >= 0.3 is 0 Å². The van der Waals surface area contributed by atoms with Gasteiger partial charge in [-0.2, -0.15) is 0 Å². The van der Waals surface area contributed by atoms with Gasteiger partial charge < -0.3 is 0 Å². The van der Waals surface area contributed by atoms with Gasteiger partial charge in [-0.3, -0.25) is 29.0 Å². The molecule has 0 N–H and O–H groups in total. The van der Waals surface area contributed by atoms with Crippen molar-refractivity contribution >= 4 is 23.6 Å². The standard InChI is InChI=1S/C25H22N2O4/c28-22-18-9-14-5-1-2-6-15(14)10-19(18)23(29)26(22)13-27-24(30)20-11-16-7-3-4-8-17(16)12-21(20)25(27)31/h1-8,18-21H,9-13H2. The zero-order valence-corrected chi connectivity index (χ0v) is 17.0. The van der Waals surface area contributed by atoms with Gasteiger partial charge in [-0.05, 0) is 47.9 Å². The van der Waals surface area contributed by atoms with E-state index in [0.29, 0.717) is 25.7 Å². The lowest BCUT2D eigenvalue weighted by atomic mass is 9.77. The third-order valence-corrected chi connectivity index (χ3v) is 7.58. The van der Waals surface area contributed by atoms with Crippen LogP contribution < -0.4 is 0 Å². The van der Waals surface area contributed by atoms with Crippen LogP contribution in [0, 0.1) is 23.7 Å². The first-order valence-corrected chi connectivity index (χ1v) is 10.9. The molecule has 2 heterocycles. The Morgan fingerprint density at radius 3 is 1.03 bits per heavy atom. The van der Waals surface area contributed by atoms with E-state index in [1.54, 1.807) is 0 Å². The predicted octanol–water partition coefficient (Wildman–Crippen LogP) is 1.74. The molecule has 0 aromatic heterocycles. The molecular weight excluding hydrogens is 392 g/mol. The highest BCUT2D eigenvalue weighted by Crippen LogP contribution is 2.40. The van der Waals surface area contributed by atoms with Crippen molar-refractivity contribution in [2.45, 2.75) is 25.7 Å². The summed E-state index contributed by atoms with van der Waals surface area (Å²) in [6.07, 6.45) is 2.13. The Labute approximate surface area is 179 Å². The van der Waals surface area contributed by atoms with Crippen LogP contribution in [-0.4, -0.2) is 40.1 Å². The van der Waals surface area contributed by atoms with Gasteiger partial charge in [-0.15, -0.1) is 0 Å². The van der Waals surface area contributed by atoms with Crippen molar-refractivity contribution in [3.05, 3.63) is 70.8 Å². The van der Waals surface area contributed by atoms with Crippen LogP contribution in [0.15, 0.2) is 48.5 Å². The quantitative estimate of drug-likeness (QED) is 0.702. The lowest BCUT2D eigenvalue weighted by Crippen LogP contribution is -2.45. The Morgan fingerprint density at radius 2 is 0.774 bits per heavy atom. The topological polar surface area (TPSA) is 74.8 Å². The number of benzene rings is 2. The number of carbonyl (C=O) groups excluding carboxylic acids is 4. The number of amides is 4. The summed E-state index contributed by atoms with van der Waals surface area (Å²) in [6, 6.07) is 15.8. The third-order valence-electron chi connectivity index (χ3n) is 7.58. The van der Waals surface area contributed by atoms with E-state index in [1.807, 2.05) is 48.5 Å². The van der Waals surface area contributed by atoms with E-state index < -0.39 is 23.7 Å². The maximum absolute atomic E-state index is 13.1. The first kappa shape index (κ1) is 18.5. The second-order valence-electron chi connectivity index (χ2n) is 9.13. The Kier molecular flexibility index (Phi) is 3.94. The van der Waals surface area contributed by atoms with Crippen LogP contribution in [0.4, 0.5) is 0 Å². The van der Waals surface area contributed by atoms with Gasteiger partial charge in [-0.1, -0.05) is 48.5 Å². The molecule has 4 aliphatic rings. The number of imide groups is 2. The van der Waals surface area contributed by atoms with Gasteiger partial charge in [0.2, 0.25) is 23.6 Å². The molecule has 0 saturated carbocycles. The van der Waals surface area contributed by atoms with Crippen LogP contribution in [0.3, 0.4) is 0 Å². The zero-order valence-electron chi connectivity index (χ0n) is 17.0. The smallest absolute Gasteiger partial charge is 0.234 e. The van der Waals surface area contributed by atoms with Gasteiger partial charge in [-0.25, -0.2) is 0 Å². The van der Waals surface area contributed by atoms with Crippen molar-refractivity contribution in [2.75, 3.05) is 6.67 Å². The van der Waals surface area contributed by atoms with E-state index in [1.165, 1.54) is 0 Å². The highest BCUT2D eigenvalue weighted by Gasteiger charge is 2.54. The minimum Gasteiger partial charge on any atom is -0.274 e. The maximum atomic E-state index is 13.1. The number of nitrogens with zero attached hydrogens (tertiary/aromatic N) is 2. The molecule has 6 rings (SSSR count). The highest BCUT2D eigenvalue weighted by atomic mass is 16.2. The Balaban J connectivity index is 1.24. The molecule has 6 nitrogen and oxygen atoms in total. The molecule has 0 spiro atoms. The summed E-state index contributed by atoms with van der Waals surface area (Å²) in [6.45, 7) is -0.248. The Bertz CT molecular complexity index is 980. The molecule has 2 aromatic carbocycles. The molecule has 2 aliphatic heterocycles. The minimum absolute atomic E-state index is 0.248. The molecule has 2 fully saturated rings. The van der Waals surface area contributed by atoms with Crippen LogP contribution in [0.25, 0.3) is 0 Å². The number of hydrogen-bond donors (Lipinski definition) is 0. The molecular formula is C25H22N2O4. The van der Waals surface area contributed by atoms with Crippen molar-refractivity contribution in [1.29, 1.82) is 0 Å².